The average molecular weight is 312 g/mol. The van der Waals surface area contributed by atoms with E-state index in [4.69, 9.17) is 11.6 Å². The Bertz CT molecular complexity index is 646. The van der Waals surface area contributed by atoms with Gasteiger partial charge in [-0.05, 0) is 12.5 Å². The fourth-order valence-electron chi connectivity index (χ4n) is 3.14. The lowest BCUT2D eigenvalue weighted by Gasteiger charge is -2.38. The third kappa shape index (κ3) is 2.01. The summed E-state index contributed by atoms with van der Waals surface area (Å²) in [6, 6.07) is 0.116. The summed E-state index contributed by atoms with van der Waals surface area (Å²) in [5.41, 5.74) is 0.251. The number of aliphatic carboxylic acids is 1. The van der Waals surface area contributed by atoms with E-state index in [1.165, 1.54) is 0 Å². The molecule has 7 nitrogen and oxygen atoms in total. The Kier molecular flexibility index (Phi) is 3.20. The minimum absolute atomic E-state index is 0.0442. The number of hydrogen-bond donors (Lipinski definition) is 4. The van der Waals surface area contributed by atoms with Crippen molar-refractivity contribution in [3.05, 3.63) is 28.8 Å². The van der Waals surface area contributed by atoms with Crippen LogP contribution in [0.5, 0.6) is 5.75 Å². The molecule has 3 atom stereocenters. The second kappa shape index (κ2) is 4.80. The molecule has 3 rings (SSSR count). The molecule has 0 amide bonds. The van der Waals surface area contributed by atoms with Crippen molar-refractivity contribution in [2.45, 2.75) is 18.4 Å². The van der Waals surface area contributed by atoms with Gasteiger partial charge in [0.15, 0.2) is 0 Å². The molecule has 4 N–H and O–H groups in total. The number of benzene rings is 1. The van der Waals surface area contributed by atoms with Crippen LogP contribution in [0.3, 0.4) is 0 Å². The molecule has 1 aliphatic heterocycles. The van der Waals surface area contributed by atoms with Crippen molar-refractivity contribution in [2.24, 2.45) is 5.92 Å². The summed E-state index contributed by atoms with van der Waals surface area (Å²) in [4.78, 5) is 11.4. The molecule has 8 heteroatoms. The Morgan fingerprint density at radius 3 is 2.81 bits per heavy atom. The number of nitrogens with zero attached hydrogens (tertiary/aromatic N) is 1. The third-order valence-electron chi connectivity index (χ3n) is 4.00. The van der Waals surface area contributed by atoms with Gasteiger partial charge in [0.05, 0.1) is 5.02 Å². The Hall–Kier alpha value is -1.96. The highest BCUT2D eigenvalue weighted by Gasteiger charge is 2.43. The largest absolute Gasteiger partial charge is 0.871 e. The summed E-state index contributed by atoms with van der Waals surface area (Å²) < 4.78 is 0. The fourth-order valence-corrected chi connectivity index (χ4v) is 3.42. The average Bonchev–Trinajstić information content (AvgIpc) is 2.86. The van der Waals surface area contributed by atoms with Crippen molar-refractivity contribution in [2.75, 3.05) is 10.5 Å². The molecule has 0 bridgehead atoms. The zero-order valence-corrected chi connectivity index (χ0v) is 11.4. The third-order valence-corrected chi connectivity index (χ3v) is 4.28. The van der Waals surface area contributed by atoms with E-state index < -0.39 is 23.7 Å². The molecule has 1 aromatic rings. The molecule has 0 radical (unpaired) electrons. The second-order valence-corrected chi connectivity index (χ2v) is 5.50. The van der Waals surface area contributed by atoms with Gasteiger partial charge in [0.2, 0.25) is 0 Å². The maximum Gasteiger partial charge on any atom is 0.326 e. The van der Waals surface area contributed by atoms with Crippen LogP contribution < -0.4 is 15.6 Å². The van der Waals surface area contributed by atoms with Gasteiger partial charge in [-0.25, -0.2) is 4.79 Å². The van der Waals surface area contributed by atoms with Crippen LogP contribution in [0.1, 0.15) is 17.9 Å². The van der Waals surface area contributed by atoms with Gasteiger partial charge in [0.25, 0.3) is 0 Å². The van der Waals surface area contributed by atoms with Crippen LogP contribution in [0, 0.1) is 5.92 Å². The minimum Gasteiger partial charge on any atom is -0.871 e. The lowest BCUT2D eigenvalue weighted by atomic mass is 9.78. The lowest BCUT2D eigenvalue weighted by molar-refractivity contribution is -0.267. The van der Waals surface area contributed by atoms with Crippen molar-refractivity contribution in [1.29, 1.82) is 0 Å². The molecule has 2 aliphatic rings. The van der Waals surface area contributed by atoms with Crippen molar-refractivity contribution in [1.82, 2.24) is 0 Å². The first kappa shape index (κ1) is 14.0. The van der Waals surface area contributed by atoms with Crippen molar-refractivity contribution < 1.29 is 25.4 Å². The van der Waals surface area contributed by atoms with Gasteiger partial charge in [-0.15, -0.1) is 5.23 Å². The predicted octanol–water partition coefficient (Wildman–Crippen LogP) is 1.54. The number of halogens is 1. The number of carboxylic acids is 1. The van der Waals surface area contributed by atoms with Crippen LogP contribution >= 0.6 is 11.6 Å². The molecule has 21 heavy (non-hydrogen) atoms. The van der Waals surface area contributed by atoms with Gasteiger partial charge in [-0.2, -0.15) is 0 Å². The molecular weight excluding hydrogens is 300 g/mol. The van der Waals surface area contributed by atoms with E-state index in [1.807, 2.05) is 6.08 Å². The van der Waals surface area contributed by atoms with Crippen LogP contribution in [0.2, 0.25) is 5.02 Å². The fraction of sp³-hybridized carbons (Fsp3) is 0.308. The topological polar surface area (TPSA) is 116 Å². The zero-order chi connectivity index (χ0) is 15.3. The molecule has 0 aromatic heterocycles. The highest BCUT2D eigenvalue weighted by Crippen LogP contribution is 2.52. The highest BCUT2D eigenvalue weighted by atomic mass is 35.5. The van der Waals surface area contributed by atoms with Gasteiger partial charge in [-0.3, -0.25) is 10.4 Å². The van der Waals surface area contributed by atoms with E-state index in [-0.39, 0.29) is 27.5 Å². The summed E-state index contributed by atoms with van der Waals surface area (Å²) in [5.74, 6) is -2.26. The van der Waals surface area contributed by atoms with Crippen molar-refractivity contribution in [3.8, 4) is 5.75 Å². The molecule has 112 valence electrons. The number of hydrogen-bond acceptors (Lipinski definition) is 6. The van der Waals surface area contributed by atoms with Crippen LogP contribution in [-0.2, 0) is 4.79 Å². The first-order valence-electron chi connectivity index (χ1n) is 6.29. The van der Waals surface area contributed by atoms with Gasteiger partial charge >= 0.3 is 5.97 Å². The van der Waals surface area contributed by atoms with Crippen molar-refractivity contribution in [3.63, 3.8) is 0 Å². The van der Waals surface area contributed by atoms with Crippen LogP contribution in [0.4, 0.5) is 11.4 Å². The van der Waals surface area contributed by atoms with E-state index in [9.17, 15) is 25.4 Å². The molecule has 0 saturated heterocycles. The van der Waals surface area contributed by atoms with E-state index in [1.54, 1.807) is 6.08 Å². The number of rotatable bonds is 2. The van der Waals surface area contributed by atoms with E-state index in [2.05, 4.69) is 5.32 Å². The molecule has 1 aliphatic carbocycles. The van der Waals surface area contributed by atoms with Crippen molar-refractivity contribution >= 4 is 28.9 Å². The Labute approximate surface area is 124 Å². The van der Waals surface area contributed by atoms with E-state index in [0.29, 0.717) is 12.0 Å². The summed E-state index contributed by atoms with van der Waals surface area (Å²) in [6.45, 7) is 0. The normalized spacial score (nSPS) is 26.0. The number of carbonyl (C=O) groups is 1. The Balaban J connectivity index is 2.24. The summed E-state index contributed by atoms with van der Waals surface area (Å²) in [7, 11) is 0. The standard InChI is InChI=1S/C13H13ClN2O5/c14-7-4-8(17)11-9(12(7)16(20)21)5-2-1-3-6(5)10(15-11)13(18)19/h1-2,4-6,10,15,17,20-21H,3H2,(H,18,19)/p-1/t5-,6-,10-/m1/s1. The van der Waals surface area contributed by atoms with Crippen LogP contribution in [-0.4, -0.2) is 27.5 Å². The number of anilines is 2. The molecule has 1 heterocycles. The number of fused-ring (bicyclic) bond motifs is 3. The predicted molar refractivity (Wildman–Crippen MR) is 72.0 cm³/mol. The molecule has 0 fully saturated rings. The lowest BCUT2D eigenvalue weighted by Crippen LogP contribution is -2.42. The zero-order valence-electron chi connectivity index (χ0n) is 10.7. The first-order valence-corrected chi connectivity index (χ1v) is 6.67. The summed E-state index contributed by atoms with van der Waals surface area (Å²) in [6.07, 6.45) is 4.10. The Morgan fingerprint density at radius 1 is 1.48 bits per heavy atom. The monoisotopic (exact) mass is 311 g/mol. The molecule has 1 aromatic carbocycles. The molecule has 0 spiro atoms. The molecule has 0 unspecified atom stereocenters. The van der Waals surface area contributed by atoms with Gasteiger partial charge in [0.1, 0.15) is 11.7 Å². The highest BCUT2D eigenvalue weighted by molar-refractivity contribution is 6.33. The first-order chi connectivity index (χ1) is 9.91. The molecule has 0 saturated carbocycles. The summed E-state index contributed by atoms with van der Waals surface area (Å²) >= 11 is 5.92. The quantitative estimate of drug-likeness (QED) is 0.483. The van der Waals surface area contributed by atoms with Crippen LogP contribution in [0.15, 0.2) is 18.2 Å². The van der Waals surface area contributed by atoms with E-state index in [0.717, 1.165) is 6.07 Å². The maximum absolute atomic E-state index is 12.1. The maximum atomic E-state index is 12.1. The second-order valence-electron chi connectivity index (χ2n) is 5.10. The molecular formula is C13H12ClN2O5-. The van der Waals surface area contributed by atoms with Gasteiger partial charge in [-0.1, -0.05) is 29.5 Å². The number of allylic oxidation sites excluding steroid dienone is 2. The smallest absolute Gasteiger partial charge is 0.326 e. The Morgan fingerprint density at radius 2 is 2.19 bits per heavy atom. The van der Waals surface area contributed by atoms with Gasteiger partial charge in [0, 0.05) is 23.1 Å². The van der Waals surface area contributed by atoms with Crippen LogP contribution in [0.25, 0.3) is 0 Å². The number of nitrogens with one attached hydrogen (secondary N) is 1. The minimum atomic E-state index is -1.06. The summed E-state index contributed by atoms with van der Waals surface area (Å²) in [5, 5.41) is 42.6. The number of carboxylic acid groups (broad SMARTS) is 1. The van der Waals surface area contributed by atoms with E-state index >= 15 is 0 Å². The van der Waals surface area contributed by atoms with Gasteiger partial charge < -0.3 is 15.5 Å². The SMILES string of the molecule is O=C(O)[C@@H]1Nc2c([O-])cc(Cl)c(N(O)O)c2[C@@H]2C=CC[C@@H]12.